The van der Waals surface area contributed by atoms with E-state index in [1.54, 1.807) is 18.9 Å². The summed E-state index contributed by atoms with van der Waals surface area (Å²) in [6, 6.07) is 25.8. The van der Waals surface area contributed by atoms with Crippen LogP contribution in [0.25, 0.3) is 10.9 Å². The fourth-order valence-electron chi connectivity index (χ4n) is 4.96. The molecule has 0 aliphatic carbocycles. The average molecular weight is 539 g/mol. The molecule has 5 aromatic rings. The van der Waals surface area contributed by atoms with Gasteiger partial charge in [-0.25, -0.2) is 4.68 Å². The van der Waals surface area contributed by atoms with Crippen molar-refractivity contribution in [3.8, 4) is 5.75 Å². The summed E-state index contributed by atoms with van der Waals surface area (Å²) < 4.78 is 12.4. The Kier molecular flexibility index (Phi) is 8.63. The Morgan fingerprint density at radius 1 is 0.925 bits per heavy atom. The summed E-state index contributed by atoms with van der Waals surface area (Å²) in [7, 11) is 3.30. The molecule has 0 saturated carbocycles. The number of aromatic amines is 1. The molecule has 0 aliphatic rings. The summed E-state index contributed by atoms with van der Waals surface area (Å²) in [6.07, 6.45) is 0.903. The van der Waals surface area contributed by atoms with Gasteiger partial charge in [0, 0.05) is 31.3 Å². The zero-order valence-electron chi connectivity index (χ0n) is 23.1. The van der Waals surface area contributed by atoms with Crippen LogP contribution in [0.4, 0.5) is 0 Å². The van der Waals surface area contributed by atoms with Crippen LogP contribution in [-0.4, -0.2) is 50.9 Å². The number of hydrogen-bond donors (Lipinski definition) is 1. The number of methoxy groups -OCH3 is 2. The van der Waals surface area contributed by atoms with Crippen LogP contribution in [0, 0.1) is 0 Å². The van der Waals surface area contributed by atoms with E-state index in [-0.39, 0.29) is 5.56 Å². The van der Waals surface area contributed by atoms with Crippen molar-refractivity contribution in [2.75, 3.05) is 20.8 Å². The van der Waals surface area contributed by atoms with Crippen molar-refractivity contribution in [3.63, 3.8) is 0 Å². The van der Waals surface area contributed by atoms with E-state index < -0.39 is 6.04 Å². The highest BCUT2D eigenvalue weighted by Gasteiger charge is 2.31. The minimum absolute atomic E-state index is 0.171. The maximum Gasteiger partial charge on any atom is 0.253 e. The lowest BCUT2D eigenvalue weighted by atomic mass is 10.0. The number of tetrazole rings is 1. The normalized spacial score (nSPS) is 12.2. The number of rotatable bonds is 12. The van der Waals surface area contributed by atoms with Crippen LogP contribution in [0.5, 0.6) is 5.75 Å². The van der Waals surface area contributed by atoms with Crippen LogP contribution in [0.3, 0.4) is 0 Å². The molecular formula is C31H34N6O3. The first-order chi connectivity index (χ1) is 19.6. The lowest BCUT2D eigenvalue weighted by Crippen LogP contribution is -2.35. The van der Waals surface area contributed by atoms with Crippen LogP contribution < -0.4 is 10.3 Å². The van der Waals surface area contributed by atoms with E-state index in [2.05, 4.69) is 50.5 Å². The van der Waals surface area contributed by atoms with Crippen molar-refractivity contribution in [1.82, 2.24) is 30.1 Å². The van der Waals surface area contributed by atoms with E-state index in [9.17, 15) is 4.79 Å². The number of fused-ring (bicyclic) bond motifs is 1. The Morgan fingerprint density at radius 2 is 1.65 bits per heavy atom. The first-order valence-corrected chi connectivity index (χ1v) is 13.4. The standard InChI is InChI=1S/C31H34N6O3/c1-4-22-12-15-28-25(18-22)19-27(31(38)32-28)29(30-33-34-35-37(30)16-17-39-2)36(20-23-8-6-5-7-9-23)21-24-10-13-26(40-3)14-11-24/h5-15,18-19,29H,4,16-17,20-21H2,1-3H3,(H,32,38)/t29-/m1/s1. The van der Waals surface area contributed by atoms with Gasteiger partial charge in [-0.05, 0) is 69.3 Å². The van der Waals surface area contributed by atoms with Gasteiger partial charge in [0.15, 0.2) is 5.82 Å². The summed E-state index contributed by atoms with van der Waals surface area (Å²) in [4.78, 5) is 19.1. The molecule has 2 heterocycles. The number of H-pyrrole nitrogens is 1. The highest BCUT2D eigenvalue weighted by atomic mass is 16.5. The predicted molar refractivity (Wildman–Crippen MR) is 154 cm³/mol. The van der Waals surface area contributed by atoms with Crippen LogP contribution >= 0.6 is 0 Å². The largest absolute Gasteiger partial charge is 0.497 e. The van der Waals surface area contributed by atoms with E-state index in [0.717, 1.165) is 34.2 Å². The summed E-state index contributed by atoms with van der Waals surface area (Å²) in [5.41, 5.74) is 4.60. The summed E-state index contributed by atoms with van der Waals surface area (Å²) >= 11 is 0. The van der Waals surface area contributed by atoms with Crippen molar-refractivity contribution >= 4 is 10.9 Å². The molecule has 0 amide bonds. The number of ether oxygens (including phenoxy) is 2. The summed E-state index contributed by atoms with van der Waals surface area (Å²) in [5, 5.41) is 13.7. The number of aromatic nitrogens is 5. The second-order valence-corrected chi connectivity index (χ2v) is 9.72. The molecule has 0 unspecified atom stereocenters. The zero-order chi connectivity index (χ0) is 27.9. The van der Waals surface area contributed by atoms with Gasteiger partial charge in [0.2, 0.25) is 0 Å². The molecule has 9 heteroatoms. The van der Waals surface area contributed by atoms with Crippen LogP contribution in [-0.2, 0) is 30.8 Å². The minimum atomic E-state index is -0.535. The lowest BCUT2D eigenvalue weighted by molar-refractivity contribution is 0.169. The maximum absolute atomic E-state index is 13.7. The molecular weight excluding hydrogens is 504 g/mol. The number of pyridine rings is 1. The molecule has 1 N–H and O–H groups in total. The Balaban J connectivity index is 1.68. The van der Waals surface area contributed by atoms with Gasteiger partial charge >= 0.3 is 0 Å². The van der Waals surface area contributed by atoms with E-state index in [1.807, 2.05) is 60.7 Å². The minimum Gasteiger partial charge on any atom is -0.497 e. The molecule has 0 spiro atoms. The van der Waals surface area contributed by atoms with Crippen molar-refractivity contribution in [2.45, 2.75) is 39.0 Å². The molecule has 5 rings (SSSR count). The Hall–Kier alpha value is -4.34. The fourth-order valence-corrected chi connectivity index (χ4v) is 4.96. The third kappa shape index (κ3) is 6.11. The number of nitrogens with zero attached hydrogens (tertiary/aromatic N) is 5. The molecule has 2 aromatic heterocycles. The maximum atomic E-state index is 13.7. The van der Waals surface area contributed by atoms with Gasteiger partial charge in [0.05, 0.1) is 20.3 Å². The molecule has 0 radical (unpaired) electrons. The second kappa shape index (κ2) is 12.7. The van der Waals surface area contributed by atoms with E-state index >= 15 is 0 Å². The third-order valence-corrected chi connectivity index (χ3v) is 7.09. The molecule has 9 nitrogen and oxygen atoms in total. The first kappa shape index (κ1) is 27.2. The number of hydrogen-bond acceptors (Lipinski definition) is 7. The highest BCUT2D eigenvalue weighted by Crippen LogP contribution is 2.30. The second-order valence-electron chi connectivity index (χ2n) is 9.72. The van der Waals surface area contributed by atoms with E-state index in [1.165, 1.54) is 5.56 Å². The summed E-state index contributed by atoms with van der Waals surface area (Å²) in [6.45, 7) is 4.14. The topological polar surface area (TPSA) is 98.2 Å². The van der Waals surface area contributed by atoms with Gasteiger partial charge in [-0.3, -0.25) is 9.69 Å². The van der Waals surface area contributed by atoms with Gasteiger partial charge in [-0.2, -0.15) is 0 Å². The van der Waals surface area contributed by atoms with Crippen molar-refractivity contribution < 1.29 is 9.47 Å². The SMILES string of the molecule is CCc1ccc2[nH]c(=O)c([C@H](c3nnnn3CCOC)N(Cc3ccccc3)Cc3ccc(OC)cc3)cc2c1. The monoisotopic (exact) mass is 538 g/mol. The van der Waals surface area contributed by atoms with E-state index in [4.69, 9.17) is 9.47 Å². The van der Waals surface area contributed by atoms with Crippen molar-refractivity contribution in [2.24, 2.45) is 0 Å². The molecule has 1 atom stereocenters. The Morgan fingerprint density at radius 3 is 2.35 bits per heavy atom. The van der Waals surface area contributed by atoms with Crippen molar-refractivity contribution in [1.29, 1.82) is 0 Å². The molecule has 0 saturated heterocycles. The molecule has 206 valence electrons. The molecule has 40 heavy (non-hydrogen) atoms. The number of aryl methyl sites for hydroxylation is 1. The quantitative estimate of drug-likeness (QED) is 0.249. The van der Waals surface area contributed by atoms with Gasteiger partial charge in [0.1, 0.15) is 11.8 Å². The van der Waals surface area contributed by atoms with Gasteiger partial charge in [-0.15, -0.1) is 5.10 Å². The molecule has 0 fully saturated rings. The van der Waals surface area contributed by atoms with Crippen LogP contribution in [0.15, 0.2) is 83.7 Å². The summed E-state index contributed by atoms with van der Waals surface area (Å²) in [5.74, 6) is 1.37. The lowest BCUT2D eigenvalue weighted by Gasteiger charge is -2.31. The average Bonchev–Trinajstić information content (AvgIpc) is 3.45. The predicted octanol–water partition coefficient (Wildman–Crippen LogP) is 4.52. The number of nitrogens with one attached hydrogen (secondary N) is 1. The van der Waals surface area contributed by atoms with Crippen molar-refractivity contribution in [3.05, 3.63) is 117 Å². The smallest absolute Gasteiger partial charge is 0.253 e. The third-order valence-electron chi connectivity index (χ3n) is 7.09. The molecule has 0 aliphatic heterocycles. The molecule has 3 aromatic carbocycles. The van der Waals surface area contributed by atoms with Gasteiger partial charge in [-0.1, -0.05) is 55.5 Å². The zero-order valence-corrected chi connectivity index (χ0v) is 23.1. The van der Waals surface area contributed by atoms with Gasteiger partial charge < -0.3 is 14.5 Å². The van der Waals surface area contributed by atoms with Gasteiger partial charge in [0.25, 0.3) is 5.56 Å². The Labute approximate surface area is 233 Å². The fraction of sp³-hybridized carbons (Fsp3) is 0.290. The Bertz CT molecular complexity index is 1600. The molecule has 0 bridgehead atoms. The highest BCUT2D eigenvalue weighted by molar-refractivity contribution is 5.80. The van der Waals surface area contributed by atoms with Crippen LogP contribution in [0.1, 0.15) is 41.0 Å². The van der Waals surface area contributed by atoms with E-state index in [0.29, 0.717) is 37.6 Å². The van der Waals surface area contributed by atoms with Crippen LogP contribution in [0.2, 0.25) is 0 Å². The number of benzene rings is 3. The first-order valence-electron chi connectivity index (χ1n) is 13.4.